The maximum absolute atomic E-state index is 5.95. The van der Waals surface area contributed by atoms with Crippen molar-refractivity contribution in [3.05, 3.63) is 18.2 Å². The predicted octanol–water partition coefficient (Wildman–Crippen LogP) is 2.51. The summed E-state index contributed by atoms with van der Waals surface area (Å²) in [4.78, 5) is 4.23. The summed E-state index contributed by atoms with van der Waals surface area (Å²) < 4.78 is 2.29. The van der Waals surface area contributed by atoms with Gasteiger partial charge in [-0.3, -0.25) is 0 Å². The molecule has 3 nitrogen and oxygen atoms in total. The fourth-order valence-electron chi connectivity index (χ4n) is 2.68. The Labute approximate surface area is 91.7 Å². The van der Waals surface area contributed by atoms with E-state index in [-0.39, 0.29) is 6.04 Å². The zero-order valence-electron chi connectivity index (χ0n) is 9.85. The van der Waals surface area contributed by atoms with Crippen LogP contribution in [0.2, 0.25) is 0 Å². The molecular formula is C12H21N3. The number of hydrogen-bond acceptors (Lipinski definition) is 2. The second-order valence-corrected chi connectivity index (χ2v) is 5.00. The molecule has 1 saturated carbocycles. The molecule has 84 valence electrons. The smallest absolute Gasteiger partial charge is 0.0951 e. The molecule has 15 heavy (non-hydrogen) atoms. The van der Waals surface area contributed by atoms with Crippen molar-refractivity contribution in [2.45, 2.75) is 45.7 Å². The van der Waals surface area contributed by atoms with Crippen molar-refractivity contribution >= 4 is 0 Å². The summed E-state index contributed by atoms with van der Waals surface area (Å²) in [6, 6.07) is 0.680. The topological polar surface area (TPSA) is 43.8 Å². The minimum Gasteiger partial charge on any atom is -0.330 e. The molecule has 1 aromatic heterocycles. The monoisotopic (exact) mass is 207 g/mol. The molecule has 0 bridgehead atoms. The molecule has 1 aliphatic rings. The van der Waals surface area contributed by atoms with Crippen LogP contribution < -0.4 is 5.73 Å². The van der Waals surface area contributed by atoms with Gasteiger partial charge in [-0.05, 0) is 31.6 Å². The number of imidazole rings is 1. The van der Waals surface area contributed by atoms with Gasteiger partial charge in [0.25, 0.3) is 0 Å². The van der Waals surface area contributed by atoms with Crippen LogP contribution in [0, 0.1) is 11.8 Å². The van der Waals surface area contributed by atoms with Gasteiger partial charge < -0.3 is 10.3 Å². The van der Waals surface area contributed by atoms with Crippen LogP contribution in [0.15, 0.2) is 12.5 Å². The molecule has 0 saturated heterocycles. The zero-order valence-corrected chi connectivity index (χ0v) is 9.85. The van der Waals surface area contributed by atoms with Crippen LogP contribution in [0.5, 0.6) is 0 Å². The lowest BCUT2D eigenvalue weighted by atomic mass is 9.97. The van der Waals surface area contributed by atoms with Crippen molar-refractivity contribution in [3.63, 3.8) is 0 Å². The van der Waals surface area contributed by atoms with Crippen molar-refractivity contribution < 1.29 is 0 Å². The molecule has 0 spiro atoms. The van der Waals surface area contributed by atoms with Gasteiger partial charge in [0.15, 0.2) is 0 Å². The lowest BCUT2D eigenvalue weighted by Gasteiger charge is -2.23. The third-order valence-electron chi connectivity index (χ3n) is 3.94. The first-order chi connectivity index (χ1) is 7.11. The van der Waals surface area contributed by atoms with Gasteiger partial charge in [-0.15, -0.1) is 0 Å². The molecule has 0 radical (unpaired) electrons. The van der Waals surface area contributed by atoms with Gasteiger partial charge in [0.05, 0.1) is 12.0 Å². The Morgan fingerprint density at radius 3 is 2.73 bits per heavy atom. The van der Waals surface area contributed by atoms with Gasteiger partial charge in [-0.1, -0.05) is 13.8 Å². The molecule has 0 amide bonds. The Bertz CT molecular complexity index is 329. The molecule has 2 N–H and O–H groups in total. The molecule has 1 aliphatic carbocycles. The maximum atomic E-state index is 5.95. The highest BCUT2D eigenvalue weighted by molar-refractivity contribution is 5.06. The van der Waals surface area contributed by atoms with Crippen molar-refractivity contribution in [1.29, 1.82) is 0 Å². The van der Waals surface area contributed by atoms with Crippen molar-refractivity contribution in [1.82, 2.24) is 9.55 Å². The third-order valence-corrected chi connectivity index (χ3v) is 3.94. The summed E-state index contributed by atoms with van der Waals surface area (Å²) in [6.45, 7) is 6.71. The standard InChI is InChI=1S/C12H21N3/c1-8-4-5-11(9(8)2)15-7-14-6-12(15)10(3)13/h6-11H,4-5,13H2,1-3H3/t8?,9?,10-,11?/m0/s1. The van der Waals surface area contributed by atoms with Gasteiger partial charge >= 0.3 is 0 Å². The Morgan fingerprint density at radius 2 is 2.20 bits per heavy atom. The molecule has 2 rings (SSSR count). The van der Waals surface area contributed by atoms with Crippen molar-refractivity contribution in [2.24, 2.45) is 17.6 Å². The Morgan fingerprint density at radius 1 is 1.47 bits per heavy atom. The highest BCUT2D eigenvalue weighted by Crippen LogP contribution is 2.40. The number of nitrogens with two attached hydrogens (primary N) is 1. The molecule has 1 aromatic rings. The van der Waals surface area contributed by atoms with E-state index in [0.29, 0.717) is 6.04 Å². The third kappa shape index (κ3) is 1.81. The molecule has 3 unspecified atom stereocenters. The molecule has 1 fully saturated rings. The van der Waals surface area contributed by atoms with Crippen LogP contribution in [0.3, 0.4) is 0 Å². The van der Waals surface area contributed by atoms with Crippen LogP contribution >= 0.6 is 0 Å². The van der Waals surface area contributed by atoms with E-state index in [1.54, 1.807) is 0 Å². The summed E-state index contributed by atoms with van der Waals surface area (Å²) >= 11 is 0. The van der Waals surface area contributed by atoms with Crippen molar-refractivity contribution in [3.8, 4) is 0 Å². The summed E-state index contributed by atoms with van der Waals surface area (Å²) in [6.07, 6.45) is 6.43. The highest BCUT2D eigenvalue weighted by Gasteiger charge is 2.32. The Hall–Kier alpha value is -0.830. The van der Waals surface area contributed by atoms with Gasteiger partial charge in [-0.25, -0.2) is 4.98 Å². The lowest BCUT2D eigenvalue weighted by Crippen LogP contribution is -2.19. The van der Waals surface area contributed by atoms with E-state index in [4.69, 9.17) is 5.73 Å². The minimum atomic E-state index is 0.0793. The van der Waals surface area contributed by atoms with Crippen LogP contribution in [-0.2, 0) is 0 Å². The average Bonchev–Trinajstić information content (AvgIpc) is 2.75. The number of rotatable bonds is 2. The first-order valence-corrected chi connectivity index (χ1v) is 5.88. The molecule has 3 heteroatoms. The van der Waals surface area contributed by atoms with Gasteiger partial charge in [0.1, 0.15) is 0 Å². The first-order valence-electron chi connectivity index (χ1n) is 5.88. The second-order valence-electron chi connectivity index (χ2n) is 5.00. The summed E-state index contributed by atoms with van der Waals surface area (Å²) in [5.41, 5.74) is 7.11. The fraction of sp³-hybridized carbons (Fsp3) is 0.750. The number of nitrogens with zero attached hydrogens (tertiary/aromatic N) is 2. The summed E-state index contributed by atoms with van der Waals surface area (Å²) in [5, 5.41) is 0. The quantitative estimate of drug-likeness (QED) is 0.809. The largest absolute Gasteiger partial charge is 0.330 e. The highest BCUT2D eigenvalue weighted by atomic mass is 15.1. The van der Waals surface area contributed by atoms with E-state index in [1.807, 2.05) is 19.4 Å². The normalized spacial score (nSPS) is 33.2. The summed E-state index contributed by atoms with van der Waals surface area (Å²) in [7, 11) is 0. The van der Waals surface area contributed by atoms with E-state index in [1.165, 1.54) is 18.5 Å². The van der Waals surface area contributed by atoms with Crippen LogP contribution in [-0.4, -0.2) is 9.55 Å². The fourth-order valence-corrected chi connectivity index (χ4v) is 2.68. The van der Waals surface area contributed by atoms with Crippen LogP contribution in [0.4, 0.5) is 0 Å². The number of aromatic nitrogens is 2. The molecular weight excluding hydrogens is 186 g/mol. The van der Waals surface area contributed by atoms with E-state index in [0.717, 1.165) is 11.8 Å². The Kier molecular flexibility index (Phi) is 2.83. The van der Waals surface area contributed by atoms with Gasteiger partial charge in [0.2, 0.25) is 0 Å². The average molecular weight is 207 g/mol. The van der Waals surface area contributed by atoms with Crippen LogP contribution in [0.1, 0.15) is 51.4 Å². The maximum Gasteiger partial charge on any atom is 0.0951 e. The Balaban J connectivity index is 2.26. The lowest BCUT2D eigenvalue weighted by molar-refractivity contribution is 0.344. The molecule has 1 heterocycles. The van der Waals surface area contributed by atoms with Gasteiger partial charge in [-0.2, -0.15) is 0 Å². The first kappa shape index (κ1) is 10.7. The van der Waals surface area contributed by atoms with Crippen LogP contribution in [0.25, 0.3) is 0 Å². The predicted molar refractivity (Wildman–Crippen MR) is 61.4 cm³/mol. The van der Waals surface area contributed by atoms with E-state index < -0.39 is 0 Å². The van der Waals surface area contributed by atoms with Crippen molar-refractivity contribution in [2.75, 3.05) is 0 Å². The molecule has 0 aliphatic heterocycles. The summed E-state index contributed by atoms with van der Waals surface area (Å²) in [5.74, 6) is 1.55. The van der Waals surface area contributed by atoms with E-state index in [9.17, 15) is 0 Å². The minimum absolute atomic E-state index is 0.0793. The van der Waals surface area contributed by atoms with Gasteiger partial charge in [0, 0.05) is 18.3 Å². The molecule has 0 aromatic carbocycles. The second kappa shape index (κ2) is 3.97. The number of hydrogen-bond donors (Lipinski definition) is 1. The van der Waals surface area contributed by atoms with E-state index >= 15 is 0 Å². The van der Waals surface area contributed by atoms with E-state index in [2.05, 4.69) is 23.4 Å². The zero-order chi connectivity index (χ0) is 11.0. The SMILES string of the molecule is CC1CCC(n2cncc2[C@H](C)N)C1C. The molecule has 4 atom stereocenters.